The zero-order valence-corrected chi connectivity index (χ0v) is 17.4. The maximum absolute atomic E-state index is 13.0. The number of hydrazine groups is 1. The van der Waals surface area contributed by atoms with E-state index in [0.29, 0.717) is 18.8 Å². The lowest BCUT2D eigenvalue weighted by atomic mass is 10.1. The number of nitrogens with zero attached hydrogens (tertiary/aromatic N) is 3. The lowest BCUT2D eigenvalue weighted by molar-refractivity contribution is -0.129. The van der Waals surface area contributed by atoms with Crippen LogP contribution in [0.1, 0.15) is 17.5 Å². The highest BCUT2D eigenvalue weighted by Crippen LogP contribution is 2.20. The van der Waals surface area contributed by atoms with Crippen molar-refractivity contribution >= 4 is 17.5 Å². The Balaban J connectivity index is 1.32. The third-order valence-electron chi connectivity index (χ3n) is 5.67. The van der Waals surface area contributed by atoms with Gasteiger partial charge in [0, 0.05) is 39.1 Å². The van der Waals surface area contributed by atoms with Gasteiger partial charge in [0.05, 0.1) is 5.69 Å². The highest BCUT2D eigenvalue weighted by atomic mass is 16.2. The quantitative estimate of drug-likeness (QED) is 0.832. The molecule has 0 atom stereocenters. The molecule has 1 N–H and O–H groups in total. The molecule has 0 spiro atoms. The predicted octanol–water partition coefficient (Wildman–Crippen LogP) is 2.51. The second-order valence-electron chi connectivity index (χ2n) is 7.87. The van der Waals surface area contributed by atoms with Crippen LogP contribution < -0.4 is 10.4 Å². The van der Waals surface area contributed by atoms with Crippen LogP contribution in [0, 0.1) is 6.92 Å². The van der Waals surface area contributed by atoms with E-state index < -0.39 is 0 Å². The van der Waals surface area contributed by atoms with Crippen LogP contribution >= 0.6 is 0 Å². The van der Waals surface area contributed by atoms with Crippen molar-refractivity contribution in [3.8, 4) is 0 Å². The number of anilines is 1. The number of nitrogens with one attached hydrogen (secondary N) is 1. The summed E-state index contributed by atoms with van der Waals surface area (Å²) in [5, 5.41) is 1.48. The minimum absolute atomic E-state index is 0.0390. The van der Waals surface area contributed by atoms with E-state index in [0.717, 1.165) is 37.3 Å². The summed E-state index contributed by atoms with van der Waals surface area (Å²) in [4.78, 5) is 29.7. The Morgan fingerprint density at radius 2 is 1.77 bits per heavy atom. The predicted molar refractivity (Wildman–Crippen MR) is 118 cm³/mol. The number of carbonyl (C=O) groups is 2. The van der Waals surface area contributed by atoms with Crippen molar-refractivity contribution < 1.29 is 9.59 Å². The molecule has 2 amide bonds. The van der Waals surface area contributed by atoms with E-state index in [9.17, 15) is 9.59 Å². The molecule has 0 bridgehead atoms. The maximum atomic E-state index is 13.0. The Morgan fingerprint density at radius 1 is 1.00 bits per heavy atom. The highest BCUT2D eigenvalue weighted by Gasteiger charge is 2.28. The molecule has 4 rings (SSSR count). The van der Waals surface area contributed by atoms with Gasteiger partial charge in [0.25, 0.3) is 5.91 Å². The Labute approximate surface area is 177 Å². The van der Waals surface area contributed by atoms with E-state index in [1.165, 1.54) is 10.6 Å². The standard InChI is InChI=1S/C24H28N4O2/c1-19-6-5-9-21(18-19)28-23(29)11-10-22(25-28)24(30)27-16-14-26(15-17-27)13-12-20-7-3-2-4-8-20/h2-10,18,25H,11-17H2,1H3. The van der Waals surface area contributed by atoms with Crippen LogP contribution in [-0.4, -0.2) is 54.3 Å². The topological polar surface area (TPSA) is 55.9 Å². The van der Waals surface area contributed by atoms with Gasteiger partial charge in [-0.2, -0.15) is 0 Å². The van der Waals surface area contributed by atoms with Gasteiger partial charge in [-0.15, -0.1) is 0 Å². The summed E-state index contributed by atoms with van der Waals surface area (Å²) in [6.45, 7) is 6.12. The zero-order valence-electron chi connectivity index (χ0n) is 17.4. The van der Waals surface area contributed by atoms with Crippen molar-refractivity contribution in [2.24, 2.45) is 0 Å². The van der Waals surface area contributed by atoms with Crippen LogP contribution in [0.15, 0.2) is 66.4 Å². The van der Waals surface area contributed by atoms with Gasteiger partial charge in [0.1, 0.15) is 5.70 Å². The lowest BCUT2D eigenvalue weighted by Crippen LogP contribution is -2.53. The van der Waals surface area contributed by atoms with E-state index in [2.05, 4.69) is 34.6 Å². The lowest BCUT2D eigenvalue weighted by Gasteiger charge is -2.36. The highest BCUT2D eigenvalue weighted by molar-refractivity contribution is 6.01. The number of carbonyl (C=O) groups excluding carboxylic acids is 2. The van der Waals surface area contributed by atoms with Crippen LogP contribution in [0.3, 0.4) is 0 Å². The molecule has 156 valence electrons. The van der Waals surface area contributed by atoms with Crippen molar-refractivity contribution in [2.75, 3.05) is 37.7 Å². The number of aryl methyl sites for hydroxylation is 1. The Bertz CT molecular complexity index is 933. The molecule has 2 aliphatic heterocycles. The summed E-state index contributed by atoms with van der Waals surface area (Å²) in [7, 11) is 0. The van der Waals surface area contributed by atoms with Crippen LogP contribution in [-0.2, 0) is 16.0 Å². The smallest absolute Gasteiger partial charge is 0.271 e. The number of hydrogen-bond donors (Lipinski definition) is 1. The minimum atomic E-state index is -0.0668. The van der Waals surface area contributed by atoms with Crippen LogP contribution in [0.4, 0.5) is 5.69 Å². The summed E-state index contributed by atoms with van der Waals surface area (Å²) in [6, 6.07) is 18.2. The molecule has 0 aliphatic carbocycles. The molecular formula is C24H28N4O2. The van der Waals surface area contributed by atoms with Gasteiger partial charge in [0.15, 0.2) is 0 Å². The van der Waals surface area contributed by atoms with Gasteiger partial charge in [0.2, 0.25) is 5.91 Å². The van der Waals surface area contributed by atoms with Crippen molar-refractivity contribution in [3.63, 3.8) is 0 Å². The van der Waals surface area contributed by atoms with Gasteiger partial charge in [-0.05, 0) is 42.7 Å². The van der Waals surface area contributed by atoms with Crippen LogP contribution in [0.2, 0.25) is 0 Å². The van der Waals surface area contributed by atoms with E-state index in [1.54, 1.807) is 6.08 Å². The second kappa shape index (κ2) is 9.13. The monoisotopic (exact) mass is 404 g/mol. The van der Waals surface area contributed by atoms with Gasteiger partial charge in [-0.3, -0.25) is 19.9 Å². The van der Waals surface area contributed by atoms with Crippen molar-refractivity contribution in [1.82, 2.24) is 15.2 Å². The summed E-state index contributed by atoms with van der Waals surface area (Å²) < 4.78 is 0. The summed E-state index contributed by atoms with van der Waals surface area (Å²) in [5.74, 6) is -0.106. The molecule has 2 aromatic carbocycles. The molecule has 2 heterocycles. The SMILES string of the molecule is Cc1cccc(N2NC(C(=O)N3CCN(CCc4ccccc4)CC3)=CCC2=O)c1. The first-order valence-electron chi connectivity index (χ1n) is 10.5. The molecule has 30 heavy (non-hydrogen) atoms. The number of benzene rings is 2. The van der Waals surface area contributed by atoms with Gasteiger partial charge < -0.3 is 4.90 Å². The minimum Gasteiger partial charge on any atom is -0.335 e. The third-order valence-corrected chi connectivity index (χ3v) is 5.67. The first-order chi connectivity index (χ1) is 14.6. The summed E-state index contributed by atoms with van der Waals surface area (Å²) in [5.41, 5.74) is 6.68. The molecular weight excluding hydrogens is 376 g/mol. The molecule has 6 nitrogen and oxygen atoms in total. The van der Waals surface area contributed by atoms with Crippen molar-refractivity contribution in [1.29, 1.82) is 0 Å². The Hall–Kier alpha value is -3.12. The summed E-state index contributed by atoms with van der Waals surface area (Å²) in [6.07, 6.45) is 2.95. The molecule has 0 unspecified atom stereocenters. The maximum Gasteiger partial charge on any atom is 0.271 e. The van der Waals surface area contributed by atoms with E-state index in [1.807, 2.05) is 42.2 Å². The van der Waals surface area contributed by atoms with Crippen LogP contribution in [0.25, 0.3) is 0 Å². The third kappa shape index (κ3) is 4.71. The second-order valence-corrected chi connectivity index (χ2v) is 7.87. The van der Waals surface area contributed by atoms with Gasteiger partial charge in [-0.1, -0.05) is 42.5 Å². The first kappa shape index (κ1) is 20.2. The fraction of sp³-hybridized carbons (Fsp3) is 0.333. The number of amides is 2. The molecule has 6 heteroatoms. The number of rotatable bonds is 5. The van der Waals surface area contributed by atoms with Gasteiger partial charge >= 0.3 is 0 Å². The number of hydrogen-bond acceptors (Lipinski definition) is 4. The fourth-order valence-electron chi connectivity index (χ4n) is 3.90. The normalized spacial score (nSPS) is 17.5. The van der Waals surface area contributed by atoms with Crippen LogP contribution in [0.5, 0.6) is 0 Å². The van der Waals surface area contributed by atoms with E-state index in [-0.39, 0.29) is 18.2 Å². The molecule has 2 aromatic rings. The van der Waals surface area contributed by atoms with E-state index >= 15 is 0 Å². The average Bonchev–Trinajstić information content (AvgIpc) is 2.78. The average molecular weight is 405 g/mol. The zero-order chi connectivity index (χ0) is 20.9. The molecule has 2 aliphatic rings. The largest absolute Gasteiger partial charge is 0.335 e. The molecule has 1 fully saturated rings. The van der Waals surface area contributed by atoms with Gasteiger partial charge in [-0.25, -0.2) is 5.01 Å². The number of piperazine rings is 1. The Kier molecular flexibility index (Phi) is 6.14. The fourth-order valence-corrected chi connectivity index (χ4v) is 3.90. The molecule has 0 saturated carbocycles. The van der Waals surface area contributed by atoms with E-state index in [4.69, 9.17) is 0 Å². The van der Waals surface area contributed by atoms with Crippen molar-refractivity contribution in [2.45, 2.75) is 19.8 Å². The van der Waals surface area contributed by atoms with Crippen molar-refractivity contribution in [3.05, 3.63) is 77.5 Å². The Morgan fingerprint density at radius 3 is 2.50 bits per heavy atom. The molecule has 0 aromatic heterocycles. The summed E-state index contributed by atoms with van der Waals surface area (Å²) >= 11 is 0. The molecule has 0 radical (unpaired) electrons. The molecule has 1 saturated heterocycles. The first-order valence-corrected chi connectivity index (χ1v) is 10.5.